The predicted molar refractivity (Wildman–Crippen MR) is 64.9 cm³/mol. The maximum absolute atomic E-state index is 3.77. The minimum atomic E-state index is 0.581. The van der Waals surface area contributed by atoms with Crippen molar-refractivity contribution < 1.29 is 0 Å². The van der Waals surface area contributed by atoms with Crippen LogP contribution < -0.4 is 10.6 Å². The molecule has 2 heteroatoms. The van der Waals surface area contributed by atoms with Crippen molar-refractivity contribution in [2.24, 2.45) is 17.3 Å². The molecule has 2 aliphatic rings. The molecule has 3 atom stereocenters. The normalized spacial score (nSPS) is 39.8. The molecule has 15 heavy (non-hydrogen) atoms. The summed E-state index contributed by atoms with van der Waals surface area (Å²) >= 11 is 0. The van der Waals surface area contributed by atoms with Gasteiger partial charge in [-0.3, -0.25) is 0 Å². The second kappa shape index (κ2) is 4.42. The van der Waals surface area contributed by atoms with Crippen molar-refractivity contribution in [3.8, 4) is 0 Å². The summed E-state index contributed by atoms with van der Waals surface area (Å²) in [6.45, 7) is 10.8. The van der Waals surface area contributed by atoms with Crippen LogP contribution in [0.4, 0.5) is 0 Å². The van der Waals surface area contributed by atoms with Crippen molar-refractivity contribution in [2.75, 3.05) is 19.6 Å². The van der Waals surface area contributed by atoms with E-state index in [9.17, 15) is 0 Å². The lowest BCUT2D eigenvalue weighted by atomic mass is 9.91. The zero-order chi connectivity index (χ0) is 10.9. The maximum atomic E-state index is 3.77. The molecule has 1 heterocycles. The maximum Gasteiger partial charge on any atom is 0.00724 e. The Morgan fingerprint density at radius 2 is 2.13 bits per heavy atom. The molecule has 1 aliphatic heterocycles. The molecule has 2 N–H and O–H groups in total. The molecule has 1 saturated heterocycles. The average molecular weight is 210 g/mol. The van der Waals surface area contributed by atoms with Gasteiger partial charge >= 0.3 is 0 Å². The summed E-state index contributed by atoms with van der Waals surface area (Å²) in [4.78, 5) is 0. The van der Waals surface area contributed by atoms with Crippen molar-refractivity contribution in [1.29, 1.82) is 0 Å². The number of hydrogen-bond acceptors (Lipinski definition) is 2. The highest BCUT2D eigenvalue weighted by molar-refractivity contribution is 4.88. The van der Waals surface area contributed by atoms with Gasteiger partial charge in [0.2, 0.25) is 0 Å². The molecule has 2 rings (SSSR count). The molecule has 0 bridgehead atoms. The van der Waals surface area contributed by atoms with Gasteiger partial charge in [0, 0.05) is 6.04 Å². The first-order valence-corrected chi connectivity index (χ1v) is 6.51. The highest BCUT2D eigenvalue weighted by Crippen LogP contribution is 2.37. The average Bonchev–Trinajstić information content (AvgIpc) is 2.69. The Balaban J connectivity index is 1.70. The summed E-state index contributed by atoms with van der Waals surface area (Å²) < 4.78 is 0. The van der Waals surface area contributed by atoms with E-state index in [1.165, 1.54) is 38.9 Å². The summed E-state index contributed by atoms with van der Waals surface area (Å²) in [5.74, 6) is 1.71. The highest BCUT2D eigenvalue weighted by atomic mass is 15.0. The Kier molecular flexibility index (Phi) is 3.36. The molecular weight excluding hydrogens is 184 g/mol. The van der Waals surface area contributed by atoms with Crippen LogP contribution >= 0.6 is 0 Å². The van der Waals surface area contributed by atoms with Crippen molar-refractivity contribution in [1.82, 2.24) is 10.6 Å². The molecule has 0 aromatic heterocycles. The largest absolute Gasteiger partial charge is 0.316 e. The van der Waals surface area contributed by atoms with E-state index in [1.54, 1.807) is 0 Å². The zero-order valence-electron chi connectivity index (χ0n) is 10.5. The quantitative estimate of drug-likeness (QED) is 0.744. The molecule has 0 radical (unpaired) electrons. The number of rotatable bonds is 3. The van der Waals surface area contributed by atoms with Crippen molar-refractivity contribution in [3.05, 3.63) is 0 Å². The number of hydrogen-bond donors (Lipinski definition) is 2. The fourth-order valence-electron chi connectivity index (χ4n) is 3.07. The van der Waals surface area contributed by atoms with Gasteiger partial charge in [0.05, 0.1) is 0 Å². The Hall–Kier alpha value is -0.0800. The Morgan fingerprint density at radius 1 is 1.33 bits per heavy atom. The van der Waals surface area contributed by atoms with Crippen LogP contribution in [-0.4, -0.2) is 25.7 Å². The molecule has 2 fully saturated rings. The van der Waals surface area contributed by atoms with Gasteiger partial charge in [-0.05, 0) is 56.1 Å². The molecule has 1 unspecified atom stereocenters. The topological polar surface area (TPSA) is 24.1 Å². The Labute approximate surface area is 94.2 Å². The fraction of sp³-hybridized carbons (Fsp3) is 1.00. The second-order valence-corrected chi connectivity index (χ2v) is 6.41. The lowest BCUT2D eigenvalue weighted by molar-refractivity contribution is 0.347. The van der Waals surface area contributed by atoms with Gasteiger partial charge in [0.15, 0.2) is 0 Å². The Bertz CT molecular complexity index is 213. The van der Waals surface area contributed by atoms with E-state index in [2.05, 4.69) is 31.4 Å². The zero-order valence-corrected chi connectivity index (χ0v) is 10.5. The predicted octanol–water partition coefficient (Wildman–Crippen LogP) is 2.01. The molecule has 0 amide bonds. The van der Waals surface area contributed by atoms with Crippen LogP contribution in [0.15, 0.2) is 0 Å². The van der Waals surface area contributed by atoms with Gasteiger partial charge in [-0.25, -0.2) is 0 Å². The van der Waals surface area contributed by atoms with Crippen LogP contribution in [0, 0.1) is 17.3 Å². The van der Waals surface area contributed by atoms with E-state index in [0.29, 0.717) is 5.41 Å². The van der Waals surface area contributed by atoms with Crippen LogP contribution in [0.2, 0.25) is 0 Å². The standard InChI is InChI=1S/C13H26N2/c1-10-7-14-8-11(10)9-15-12-4-5-13(2,3)6-12/h10-12,14-15H,4-9H2,1-3H3/t10-,11+,12?/m1/s1. The molecule has 1 saturated carbocycles. The van der Waals surface area contributed by atoms with E-state index in [0.717, 1.165) is 17.9 Å². The van der Waals surface area contributed by atoms with Gasteiger partial charge in [-0.1, -0.05) is 20.8 Å². The summed E-state index contributed by atoms with van der Waals surface area (Å²) in [6, 6.07) is 0.785. The van der Waals surface area contributed by atoms with Gasteiger partial charge in [-0.15, -0.1) is 0 Å². The molecule has 0 spiro atoms. The van der Waals surface area contributed by atoms with Gasteiger partial charge in [0.1, 0.15) is 0 Å². The van der Waals surface area contributed by atoms with E-state index < -0.39 is 0 Å². The van der Waals surface area contributed by atoms with E-state index in [-0.39, 0.29) is 0 Å². The van der Waals surface area contributed by atoms with Crippen LogP contribution in [0.25, 0.3) is 0 Å². The van der Waals surface area contributed by atoms with Crippen LogP contribution in [-0.2, 0) is 0 Å². The second-order valence-electron chi connectivity index (χ2n) is 6.41. The van der Waals surface area contributed by atoms with Gasteiger partial charge < -0.3 is 10.6 Å². The SMILES string of the molecule is C[C@@H]1CNC[C@H]1CNC1CCC(C)(C)C1. The Morgan fingerprint density at radius 3 is 2.67 bits per heavy atom. The first kappa shape index (κ1) is 11.4. The summed E-state index contributed by atoms with van der Waals surface area (Å²) in [7, 11) is 0. The third-order valence-electron chi connectivity index (χ3n) is 4.31. The lowest BCUT2D eigenvalue weighted by Gasteiger charge is -2.21. The molecular formula is C13H26N2. The van der Waals surface area contributed by atoms with E-state index >= 15 is 0 Å². The molecule has 2 nitrogen and oxygen atoms in total. The van der Waals surface area contributed by atoms with Gasteiger partial charge in [-0.2, -0.15) is 0 Å². The van der Waals surface area contributed by atoms with E-state index in [4.69, 9.17) is 0 Å². The van der Waals surface area contributed by atoms with Crippen LogP contribution in [0.1, 0.15) is 40.0 Å². The smallest absolute Gasteiger partial charge is 0.00724 e. The molecule has 88 valence electrons. The monoisotopic (exact) mass is 210 g/mol. The third-order valence-corrected chi connectivity index (χ3v) is 4.31. The highest BCUT2D eigenvalue weighted by Gasteiger charge is 2.31. The van der Waals surface area contributed by atoms with Gasteiger partial charge in [0.25, 0.3) is 0 Å². The third kappa shape index (κ3) is 2.94. The van der Waals surface area contributed by atoms with Crippen molar-refractivity contribution >= 4 is 0 Å². The van der Waals surface area contributed by atoms with Crippen LogP contribution in [0.5, 0.6) is 0 Å². The molecule has 0 aromatic rings. The van der Waals surface area contributed by atoms with Crippen molar-refractivity contribution in [2.45, 2.75) is 46.1 Å². The minimum absolute atomic E-state index is 0.581. The minimum Gasteiger partial charge on any atom is -0.316 e. The molecule has 0 aromatic carbocycles. The van der Waals surface area contributed by atoms with Crippen LogP contribution in [0.3, 0.4) is 0 Å². The first-order chi connectivity index (χ1) is 7.07. The summed E-state index contributed by atoms with van der Waals surface area (Å²) in [6.07, 6.45) is 4.13. The summed E-state index contributed by atoms with van der Waals surface area (Å²) in [5.41, 5.74) is 0.581. The van der Waals surface area contributed by atoms with Crippen molar-refractivity contribution in [3.63, 3.8) is 0 Å². The fourth-order valence-corrected chi connectivity index (χ4v) is 3.07. The number of nitrogens with one attached hydrogen (secondary N) is 2. The summed E-state index contributed by atoms with van der Waals surface area (Å²) in [5, 5.41) is 7.24. The molecule has 1 aliphatic carbocycles. The first-order valence-electron chi connectivity index (χ1n) is 6.51. The lowest BCUT2D eigenvalue weighted by Crippen LogP contribution is -2.34. The van der Waals surface area contributed by atoms with E-state index in [1.807, 2.05) is 0 Å².